The molecule has 1 aromatic carbocycles. The van der Waals surface area contributed by atoms with Gasteiger partial charge in [0.2, 0.25) is 5.91 Å². The van der Waals surface area contributed by atoms with Crippen LogP contribution in [0.1, 0.15) is 12.8 Å². The molecule has 1 unspecified atom stereocenters. The average molecular weight is 316 g/mol. The average Bonchev–Trinajstić information content (AvgIpc) is 2.39. The van der Waals surface area contributed by atoms with Crippen molar-refractivity contribution in [1.29, 1.82) is 0 Å². The predicted molar refractivity (Wildman–Crippen MR) is 85.4 cm³/mol. The summed E-state index contributed by atoms with van der Waals surface area (Å²) >= 11 is 0. The summed E-state index contributed by atoms with van der Waals surface area (Å²) in [5, 5.41) is 5.93. The molecule has 0 spiro atoms. The van der Waals surface area contributed by atoms with Crippen molar-refractivity contribution in [3.63, 3.8) is 0 Å². The summed E-state index contributed by atoms with van der Waals surface area (Å²) in [6.45, 7) is 3.26. The summed E-state index contributed by atoms with van der Waals surface area (Å²) in [7, 11) is 1.95. The molecule has 0 bridgehead atoms. The number of hydrogen-bond acceptors (Lipinski definition) is 3. The number of anilines is 1. The first-order valence-corrected chi connectivity index (χ1v) is 7.10. The number of carbonyl (C=O) groups excluding carboxylic acids is 1. The highest BCUT2D eigenvalue weighted by Gasteiger charge is 2.20. The number of halogens is 2. The van der Waals surface area contributed by atoms with Crippen LogP contribution in [0, 0.1) is 11.7 Å². The number of benzene rings is 1. The molecule has 0 aliphatic carbocycles. The molecule has 0 saturated carbocycles. The number of carbonyl (C=O) groups is 1. The molecule has 4 nitrogen and oxygen atoms in total. The molecule has 2 N–H and O–H groups in total. The second kappa shape index (κ2) is 8.97. The Morgan fingerprint density at radius 3 is 3.00 bits per heavy atom. The first-order valence-electron chi connectivity index (χ1n) is 7.10. The number of piperidine rings is 1. The molecule has 1 aliphatic heterocycles. The van der Waals surface area contributed by atoms with Gasteiger partial charge in [-0.2, -0.15) is 0 Å². The molecular formula is C15H23ClFN3O. The van der Waals surface area contributed by atoms with Gasteiger partial charge in [-0.15, -0.1) is 12.4 Å². The number of nitrogens with one attached hydrogen (secondary N) is 2. The van der Waals surface area contributed by atoms with Crippen molar-refractivity contribution in [2.24, 2.45) is 5.92 Å². The van der Waals surface area contributed by atoms with Gasteiger partial charge in [0.1, 0.15) is 5.82 Å². The topological polar surface area (TPSA) is 44.4 Å². The monoisotopic (exact) mass is 315 g/mol. The van der Waals surface area contributed by atoms with Gasteiger partial charge in [0, 0.05) is 12.2 Å². The maximum atomic E-state index is 13.0. The lowest BCUT2D eigenvalue weighted by Crippen LogP contribution is -2.42. The van der Waals surface area contributed by atoms with E-state index in [1.54, 1.807) is 12.1 Å². The summed E-state index contributed by atoms with van der Waals surface area (Å²) in [5.41, 5.74) is 0.513. The van der Waals surface area contributed by atoms with E-state index in [-0.39, 0.29) is 24.1 Å². The summed E-state index contributed by atoms with van der Waals surface area (Å²) in [4.78, 5) is 14.1. The van der Waals surface area contributed by atoms with Gasteiger partial charge in [0.05, 0.1) is 6.54 Å². The van der Waals surface area contributed by atoms with Crippen LogP contribution in [0.4, 0.5) is 10.1 Å². The van der Waals surface area contributed by atoms with E-state index >= 15 is 0 Å². The van der Waals surface area contributed by atoms with Crippen molar-refractivity contribution < 1.29 is 9.18 Å². The largest absolute Gasteiger partial charge is 0.325 e. The van der Waals surface area contributed by atoms with E-state index in [1.807, 2.05) is 7.05 Å². The Balaban J connectivity index is 0.00000220. The SMILES string of the molecule is CNCC1CCCN(CC(=O)Nc2cccc(F)c2)C1.Cl. The first kappa shape index (κ1) is 17.9. The zero-order valence-corrected chi connectivity index (χ0v) is 13.1. The van der Waals surface area contributed by atoms with Crippen molar-refractivity contribution in [3.8, 4) is 0 Å². The quantitative estimate of drug-likeness (QED) is 0.875. The van der Waals surface area contributed by atoms with Gasteiger partial charge in [-0.25, -0.2) is 4.39 Å². The van der Waals surface area contributed by atoms with E-state index in [0.717, 1.165) is 26.1 Å². The molecule has 1 amide bonds. The minimum atomic E-state index is -0.338. The molecule has 0 aromatic heterocycles. The molecule has 1 atom stereocenters. The molecular weight excluding hydrogens is 293 g/mol. The summed E-state index contributed by atoms with van der Waals surface area (Å²) < 4.78 is 13.0. The summed E-state index contributed by atoms with van der Waals surface area (Å²) in [6.07, 6.45) is 2.34. The zero-order valence-electron chi connectivity index (χ0n) is 12.3. The van der Waals surface area contributed by atoms with E-state index in [1.165, 1.54) is 18.6 Å². The fourth-order valence-corrected chi connectivity index (χ4v) is 2.72. The minimum absolute atomic E-state index is 0. The third-order valence-electron chi connectivity index (χ3n) is 3.57. The molecule has 1 aliphatic rings. The Hall–Kier alpha value is -1.17. The maximum absolute atomic E-state index is 13.0. The number of hydrogen-bond donors (Lipinski definition) is 2. The number of nitrogens with zero attached hydrogens (tertiary/aromatic N) is 1. The zero-order chi connectivity index (χ0) is 14.4. The van der Waals surface area contributed by atoms with Crippen molar-refractivity contribution >= 4 is 24.0 Å². The minimum Gasteiger partial charge on any atom is -0.325 e. The van der Waals surface area contributed by atoms with Crippen LogP contribution in [0.3, 0.4) is 0 Å². The molecule has 1 fully saturated rings. The Bertz CT molecular complexity index is 456. The third-order valence-corrected chi connectivity index (χ3v) is 3.57. The molecule has 1 saturated heterocycles. The lowest BCUT2D eigenvalue weighted by Gasteiger charge is -2.32. The lowest BCUT2D eigenvalue weighted by molar-refractivity contribution is -0.117. The maximum Gasteiger partial charge on any atom is 0.238 e. The van der Waals surface area contributed by atoms with Crippen molar-refractivity contribution in [3.05, 3.63) is 30.1 Å². The van der Waals surface area contributed by atoms with Gasteiger partial charge >= 0.3 is 0 Å². The molecule has 1 heterocycles. The first-order chi connectivity index (χ1) is 9.67. The molecule has 118 valence electrons. The van der Waals surface area contributed by atoms with Crippen LogP contribution in [-0.4, -0.2) is 44.0 Å². The smallest absolute Gasteiger partial charge is 0.238 e. The normalized spacial score (nSPS) is 18.9. The van der Waals surface area contributed by atoms with E-state index in [9.17, 15) is 9.18 Å². The predicted octanol–water partition coefficient (Wildman–Crippen LogP) is 2.12. The van der Waals surface area contributed by atoms with Crippen LogP contribution in [0.2, 0.25) is 0 Å². The number of rotatable bonds is 5. The fraction of sp³-hybridized carbons (Fsp3) is 0.533. The van der Waals surface area contributed by atoms with Gasteiger partial charge in [-0.05, 0) is 57.1 Å². The Morgan fingerprint density at radius 2 is 2.29 bits per heavy atom. The molecule has 21 heavy (non-hydrogen) atoms. The van der Waals surface area contributed by atoms with E-state index in [0.29, 0.717) is 18.2 Å². The van der Waals surface area contributed by atoms with E-state index in [2.05, 4.69) is 15.5 Å². The van der Waals surface area contributed by atoms with Gasteiger partial charge in [-0.3, -0.25) is 9.69 Å². The van der Waals surface area contributed by atoms with Crippen LogP contribution in [0.5, 0.6) is 0 Å². The fourth-order valence-electron chi connectivity index (χ4n) is 2.72. The van der Waals surface area contributed by atoms with Gasteiger partial charge in [0.25, 0.3) is 0 Å². The van der Waals surface area contributed by atoms with E-state index in [4.69, 9.17) is 0 Å². The Kier molecular flexibility index (Phi) is 7.64. The summed E-state index contributed by atoms with van der Waals surface area (Å²) in [5.74, 6) is 0.186. The standard InChI is InChI=1S/C15H22FN3O.ClH/c1-17-9-12-4-3-7-19(10-12)11-15(20)18-14-6-2-5-13(16)8-14;/h2,5-6,8,12,17H,3-4,7,9-11H2,1H3,(H,18,20);1H. The number of likely N-dealkylation sites (tertiary alicyclic amines) is 1. The highest BCUT2D eigenvalue weighted by Crippen LogP contribution is 2.16. The van der Waals surface area contributed by atoms with Gasteiger partial charge in [0.15, 0.2) is 0 Å². The van der Waals surface area contributed by atoms with Crippen LogP contribution >= 0.6 is 12.4 Å². The van der Waals surface area contributed by atoms with Crippen LogP contribution in [0.25, 0.3) is 0 Å². The molecule has 1 aromatic rings. The van der Waals surface area contributed by atoms with Crippen LogP contribution in [0.15, 0.2) is 24.3 Å². The lowest BCUT2D eigenvalue weighted by atomic mass is 9.98. The van der Waals surface area contributed by atoms with E-state index < -0.39 is 0 Å². The molecule has 0 radical (unpaired) electrons. The highest BCUT2D eigenvalue weighted by atomic mass is 35.5. The van der Waals surface area contributed by atoms with Crippen LogP contribution < -0.4 is 10.6 Å². The second-order valence-corrected chi connectivity index (χ2v) is 5.36. The third kappa shape index (κ3) is 5.99. The Morgan fingerprint density at radius 1 is 1.48 bits per heavy atom. The highest BCUT2D eigenvalue weighted by molar-refractivity contribution is 5.92. The summed E-state index contributed by atoms with van der Waals surface area (Å²) in [6, 6.07) is 5.98. The Labute approximate surface area is 131 Å². The second-order valence-electron chi connectivity index (χ2n) is 5.36. The van der Waals surface area contributed by atoms with Crippen molar-refractivity contribution in [2.45, 2.75) is 12.8 Å². The number of amides is 1. The van der Waals surface area contributed by atoms with Crippen LogP contribution in [-0.2, 0) is 4.79 Å². The molecule has 2 rings (SSSR count). The molecule has 6 heteroatoms. The van der Waals surface area contributed by atoms with Gasteiger partial charge in [-0.1, -0.05) is 6.07 Å². The van der Waals surface area contributed by atoms with Crippen molar-refractivity contribution in [1.82, 2.24) is 10.2 Å². The van der Waals surface area contributed by atoms with Gasteiger partial charge < -0.3 is 10.6 Å². The van der Waals surface area contributed by atoms with Crippen molar-refractivity contribution in [2.75, 3.05) is 38.5 Å².